The minimum Gasteiger partial charge on any atom is -0.381 e. The van der Waals surface area contributed by atoms with Crippen LogP contribution in [0, 0.1) is 18.3 Å². The van der Waals surface area contributed by atoms with Crippen LogP contribution < -0.4 is 10.6 Å². The lowest BCUT2D eigenvalue weighted by molar-refractivity contribution is -0.120. The zero-order chi connectivity index (χ0) is 10.2. The minimum absolute atomic E-state index is 0.00727. The molecule has 78 valence electrons. The topological polar surface area (TPSA) is 50.4 Å². The van der Waals surface area contributed by atoms with E-state index in [0.29, 0.717) is 19.0 Å². The summed E-state index contributed by atoms with van der Waals surface area (Å²) in [7, 11) is 0. The summed E-state index contributed by atoms with van der Waals surface area (Å²) in [4.78, 5) is 11.2. The maximum absolute atomic E-state index is 11.2. The average Bonchev–Trinajstić information content (AvgIpc) is 2.68. The number of nitrogens with one attached hydrogen (secondary N) is 2. The number of terminal acetylenes is 1. The number of amides is 1. The first-order chi connectivity index (χ1) is 6.83. The van der Waals surface area contributed by atoms with Gasteiger partial charge in [-0.1, -0.05) is 5.92 Å². The van der Waals surface area contributed by atoms with Crippen LogP contribution in [0.1, 0.15) is 6.42 Å². The first-order valence-corrected chi connectivity index (χ1v) is 4.81. The summed E-state index contributed by atoms with van der Waals surface area (Å²) >= 11 is 0. The highest BCUT2D eigenvalue weighted by Crippen LogP contribution is 2.10. The van der Waals surface area contributed by atoms with Gasteiger partial charge in [0.1, 0.15) is 0 Å². The highest BCUT2D eigenvalue weighted by Gasteiger charge is 2.15. The number of ether oxygens (including phenoxy) is 1. The van der Waals surface area contributed by atoms with Crippen LogP contribution in [0.4, 0.5) is 0 Å². The summed E-state index contributed by atoms with van der Waals surface area (Å²) in [6.45, 7) is 3.00. The molecule has 1 amide bonds. The third-order valence-corrected chi connectivity index (χ3v) is 2.12. The van der Waals surface area contributed by atoms with Crippen molar-refractivity contribution in [3.63, 3.8) is 0 Å². The van der Waals surface area contributed by atoms with Crippen molar-refractivity contribution >= 4 is 5.91 Å². The van der Waals surface area contributed by atoms with Gasteiger partial charge in [0.25, 0.3) is 0 Å². The van der Waals surface area contributed by atoms with E-state index in [-0.39, 0.29) is 12.5 Å². The van der Waals surface area contributed by atoms with E-state index in [1.165, 1.54) is 0 Å². The molecule has 0 aliphatic carbocycles. The second-order valence-electron chi connectivity index (χ2n) is 3.34. The van der Waals surface area contributed by atoms with Gasteiger partial charge in [0.05, 0.1) is 19.7 Å². The maximum atomic E-state index is 11.2. The molecule has 1 aliphatic heterocycles. The zero-order valence-corrected chi connectivity index (χ0v) is 8.21. The van der Waals surface area contributed by atoms with Crippen molar-refractivity contribution in [3.8, 4) is 12.3 Å². The number of hydrogen-bond donors (Lipinski definition) is 2. The maximum Gasteiger partial charge on any atom is 0.233 e. The first-order valence-electron chi connectivity index (χ1n) is 4.81. The Morgan fingerprint density at radius 2 is 2.50 bits per heavy atom. The van der Waals surface area contributed by atoms with Crippen molar-refractivity contribution in [2.24, 2.45) is 5.92 Å². The molecule has 1 saturated heterocycles. The Balaban J connectivity index is 2.00. The van der Waals surface area contributed by atoms with E-state index in [1.54, 1.807) is 0 Å². The predicted molar refractivity (Wildman–Crippen MR) is 53.6 cm³/mol. The third kappa shape index (κ3) is 4.26. The molecule has 0 aromatic carbocycles. The van der Waals surface area contributed by atoms with E-state index in [2.05, 4.69) is 16.6 Å². The summed E-state index contributed by atoms with van der Waals surface area (Å²) in [6.07, 6.45) is 6.07. The molecule has 1 aliphatic rings. The second-order valence-corrected chi connectivity index (χ2v) is 3.34. The van der Waals surface area contributed by atoms with Crippen LogP contribution >= 0.6 is 0 Å². The Bertz CT molecular complexity index is 217. The van der Waals surface area contributed by atoms with Gasteiger partial charge in [-0.25, -0.2) is 0 Å². The van der Waals surface area contributed by atoms with Crippen molar-refractivity contribution in [2.45, 2.75) is 6.42 Å². The molecule has 0 aromatic rings. The number of rotatable bonds is 5. The molecule has 0 spiro atoms. The first kappa shape index (κ1) is 11.0. The molecule has 1 fully saturated rings. The molecule has 1 heterocycles. The molecule has 2 N–H and O–H groups in total. The Kier molecular flexibility index (Phi) is 5.05. The van der Waals surface area contributed by atoms with Crippen LogP contribution in [0.25, 0.3) is 0 Å². The Hall–Kier alpha value is -1.05. The van der Waals surface area contributed by atoms with Gasteiger partial charge in [-0.15, -0.1) is 6.42 Å². The van der Waals surface area contributed by atoms with Gasteiger partial charge in [0.15, 0.2) is 0 Å². The van der Waals surface area contributed by atoms with Crippen molar-refractivity contribution in [2.75, 3.05) is 32.8 Å². The quantitative estimate of drug-likeness (QED) is 0.454. The molecule has 4 heteroatoms. The Labute approximate surface area is 84.4 Å². The number of carbonyl (C=O) groups is 1. The van der Waals surface area contributed by atoms with Gasteiger partial charge in [0.2, 0.25) is 5.91 Å². The van der Waals surface area contributed by atoms with Gasteiger partial charge in [-0.3, -0.25) is 10.1 Å². The molecule has 1 atom stereocenters. The monoisotopic (exact) mass is 196 g/mol. The number of carbonyl (C=O) groups excluding carboxylic acids is 1. The average molecular weight is 196 g/mol. The molecule has 0 saturated carbocycles. The molecule has 0 bridgehead atoms. The largest absolute Gasteiger partial charge is 0.381 e. The van der Waals surface area contributed by atoms with Gasteiger partial charge < -0.3 is 10.1 Å². The minimum atomic E-state index is -0.00727. The van der Waals surface area contributed by atoms with Crippen LogP contribution in [0.15, 0.2) is 0 Å². The SMILES string of the molecule is C#CCNCC(=O)NCC1CCOC1. The molecule has 0 radical (unpaired) electrons. The van der Waals surface area contributed by atoms with Gasteiger partial charge in [0, 0.05) is 19.1 Å². The van der Waals surface area contributed by atoms with E-state index in [1.807, 2.05) is 0 Å². The molecular weight excluding hydrogens is 180 g/mol. The van der Waals surface area contributed by atoms with Gasteiger partial charge in [-0.05, 0) is 6.42 Å². The molecule has 1 rings (SSSR count). The lowest BCUT2D eigenvalue weighted by Crippen LogP contribution is -2.36. The van der Waals surface area contributed by atoms with Crippen LogP contribution in [0.2, 0.25) is 0 Å². The third-order valence-electron chi connectivity index (χ3n) is 2.12. The number of hydrogen-bond acceptors (Lipinski definition) is 3. The van der Waals surface area contributed by atoms with E-state index >= 15 is 0 Å². The van der Waals surface area contributed by atoms with Crippen LogP contribution in [0.5, 0.6) is 0 Å². The van der Waals surface area contributed by atoms with Crippen molar-refractivity contribution in [1.29, 1.82) is 0 Å². The Morgan fingerprint density at radius 1 is 1.64 bits per heavy atom. The standard InChI is InChI=1S/C10H16N2O2/c1-2-4-11-7-10(13)12-6-9-3-5-14-8-9/h1,9,11H,3-8H2,(H,12,13). The zero-order valence-electron chi connectivity index (χ0n) is 8.21. The summed E-state index contributed by atoms with van der Waals surface area (Å²) in [5.74, 6) is 2.88. The normalized spacial score (nSPS) is 20.4. The summed E-state index contributed by atoms with van der Waals surface area (Å²) in [6, 6.07) is 0. The molecule has 1 unspecified atom stereocenters. The predicted octanol–water partition coefficient (Wildman–Crippen LogP) is -0.638. The molecule has 14 heavy (non-hydrogen) atoms. The van der Waals surface area contributed by atoms with Crippen LogP contribution in [-0.4, -0.2) is 38.8 Å². The highest BCUT2D eigenvalue weighted by molar-refractivity contribution is 5.77. The van der Waals surface area contributed by atoms with E-state index < -0.39 is 0 Å². The fraction of sp³-hybridized carbons (Fsp3) is 0.700. The van der Waals surface area contributed by atoms with Gasteiger partial charge in [-0.2, -0.15) is 0 Å². The fourth-order valence-corrected chi connectivity index (χ4v) is 1.31. The van der Waals surface area contributed by atoms with Crippen molar-refractivity contribution in [3.05, 3.63) is 0 Å². The van der Waals surface area contributed by atoms with E-state index in [4.69, 9.17) is 11.2 Å². The van der Waals surface area contributed by atoms with Crippen LogP contribution in [-0.2, 0) is 9.53 Å². The highest BCUT2D eigenvalue weighted by atomic mass is 16.5. The van der Waals surface area contributed by atoms with Crippen molar-refractivity contribution < 1.29 is 9.53 Å². The summed E-state index contributed by atoms with van der Waals surface area (Å²) < 4.78 is 5.19. The van der Waals surface area contributed by atoms with Crippen molar-refractivity contribution in [1.82, 2.24) is 10.6 Å². The van der Waals surface area contributed by atoms with Gasteiger partial charge >= 0.3 is 0 Å². The molecular formula is C10H16N2O2. The lowest BCUT2D eigenvalue weighted by Gasteiger charge is -2.09. The molecule has 0 aromatic heterocycles. The Morgan fingerprint density at radius 3 is 3.14 bits per heavy atom. The second kappa shape index (κ2) is 6.41. The van der Waals surface area contributed by atoms with Crippen LogP contribution in [0.3, 0.4) is 0 Å². The summed E-state index contributed by atoms with van der Waals surface area (Å²) in [5, 5.41) is 5.66. The summed E-state index contributed by atoms with van der Waals surface area (Å²) in [5.41, 5.74) is 0. The fourth-order valence-electron chi connectivity index (χ4n) is 1.31. The smallest absolute Gasteiger partial charge is 0.233 e. The van der Waals surface area contributed by atoms with E-state index in [0.717, 1.165) is 19.6 Å². The molecule has 4 nitrogen and oxygen atoms in total. The van der Waals surface area contributed by atoms with E-state index in [9.17, 15) is 4.79 Å². The lowest BCUT2D eigenvalue weighted by atomic mass is 10.1.